The Hall–Kier alpha value is -7.88. The summed E-state index contributed by atoms with van der Waals surface area (Å²) in [6.07, 6.45) is 4.12. The maximum atomic E-state index is 8.92. The SMILES string of the molecule is N=C(N=C(/C=C/c1ccc2cc(-c3c4ccccc4cc4c3ccc3ccccc34)ccc2c1)c1ccc(-c2cccc3c2oc2ccccc23)cc1)c1ccccc1. The minimum absolute atomic E-state index is 0.210. The molecule has 0 unspecified atom stereocenters. The van der Waals surface area contributed by atoms with Crippen LogP contribution in [-0.2, 0) is 0 Å². The maximum absolute atomic E-state index is 8.92. The Morgan fingerprint density at radius 2 is 1.12 bits per heavy atom. The van der Waals surface area contributed by atoms with Crippen LogP contribution >= 0.6 is 0 Å². The highest BCUT2D eigenvalue weighted by molar-refractivity contribution is 6.21. The van der Waals surface area contributed by atoms with Crippen molar-refractivity contribution in [1.82, 2.24) is 0 Å². The predicted octanol–water partition coefficient (Wildman–Crippen LogP) is 15.1. The molecule has 0 atom stereocenters. The van der Waals surface area contributed by atoms with E-state index in [9.17, 15) is 0 Å². The highest BCUT2D eigenvalue weighted by Gasteiger charge is 2.15. The fourth-order valence-corrected chi connectivity index (χ4v) is 8.60. The largest absolute Gasteiger partial charge is 0.455 e. The lowest BCUT2D eigenvalue weighted by Gasteiger charge is -2.15. The van der Waals surface area contributed by atoms with Crippen molar-refractivity contribution in [1.29, 1.82) is 5.41 Å². The van der Waals surface area contributed by atoms with Gasteiger partial charge in [0.05, 0.1) is 5.71 Å². The van der Waals surface area contributed by atoms with Crippen LogP contribution in [0.1, 0.15) is 16.7 Å². The number of fused-ring (bicyclic) bond motifs is 8. The maximum Gasteiger partial charge on any atom is 0.152 e. The second-order valence-electron chi connectivity index (χ2n) is 15.1. The molecular formula is C56H36N2O. The smallest absolute Gasteiger partial charge is 0.152 e. The average molecular weight is 753 g/mol. The van der Waals surface area contributed by atoms with Gasteiger partial charge in [0, 0.05) is 27.5 Å². The number of hydrogen-bond donors (Lipinski definition) is 1. The number of allylic oxidation sites excluding steroid dienone is 1. The van der Waals surface area contributed by atoms with Gasteiger partial charge in [0.25, 0.3) is 0 Å². The van der Waals surface area contributed by atoms with Crippen molar-refractivity contribution >= 4 is 82.7 Å². The molecular weight excluding hydrogens is 717 g/mol. The van der Waals surface area contributed by atoms with Crippen LogP contribution in [0.15, 0.2) is 216 Å². The Kier molecular flexibility index (Phi) is 8.30. The third-order valence-corrected chi connectivity index (χ3v) is 11.5. The summed E-state index contributed by atoms with van der Waals surface area (Å²) < 4.78 is 6.35. The monoisotopic (exact) mass is 752 g/mol. The molecule has 0 saturated carbocycles. The summed E-state index contributed by atoms with van der Waals surface area (Å²) in [7, 11) is 0. The molecule has 0 saturated heterocycles. The van der Waals surface area contributed by atoms with Crippen LogP contribution in [0.3, 0.4) is 0 Å². The molecule has 276 valence electrons. The molecule has 0 amide bonds. The minimum Gasteiger partial charge on any atom is -0.455 e. The van der Waals surface area contributed by atoms with Crippen molar-refractivity contribution in [3.63, 3.8) is 0 Å². The summed E-state index contributed by atoms with van der Waals surface area (Å²) in [5.41, 5.74) is 9.76. The van der Waals surface area contributed by atoms with Gasteiger partial charge in [-0.05, 0) is 95.7 Å². The van der Waals surface area contributed by atoms with E-state index in [0.29, 0.717) is 5.71 Å². The zero-order valence-corrected chi connectivity index (χ0v) is 32.1. The second-order valence-corrected chi connectivity index (χ2v) is 15.1. The van der Waals surface area contributed by atoms with Crippen molar-refractivity contribution < 1.29 is 4.42 Å². The lowest BCUT2D eigenvalue weighted by Crippen LogP contribution is -2.03. The number of para-hydroxylation sites is 2. The van der Waals surface area contributed by atoms with Crippen LogP contribution < -0.4 is 0 Å². The van der Waals surface area contributed by atoms with Gasteiger partial charge in [-0.2, -0.15) is 0 Å². The van der Waals surface area contributed by atoms with Gasteiger partial charge >= 0.3 is 0 Å². The fraction of sp³-hybridized carbons (Fsp3) is 0. The third kappa shape index (κ3) is 6.17. The summed E-state index contributed by atoms with van der Waals surface area (Å²) in [5.74, 6) is 0.210. The fourth-order valence-electron chi connectivity index (χ4n) is 8.60. The van der Waals surface area contributed by atoms with E-state index in [4.69, 9.17) is 14.8 Å². The first-order valence-electron chi connectivity index (χ1n) is 19.9. The number of nitrogens with zero attached hydrogens (tertiary/aromatic N) is 1. The number of aliphatic imine (C=N–C) groups is 1. The summed E-state index contributed by atoms with van der Waals surface area (Å²) in [4.78, 5) is 4.88. The van der Waals surface area contributed by atoms with Crippen LogP contribution in [-0.4, -0.2) is 11.5 Å². The molecule has 1 aromatic heterocycles. The first-order valence-corrected chi connectivity index (χ1v) is 19.9. The molecule has 11 aromatic rings. The molecule has 10 aromatic carbocycles. The quantitative estimate of drug-likeness (QED) is 0.0782. The van der Waals surface area contributed by atoms with Gasteiger partial charge in [-0.25, -0.2) is 4.99 Å². The average Bonchev–Trinajstić information content (AvgIpc) is 3.69. The van der Waals surface area contributed by atoms with Gasteiger partial charge in [-0.3, -0.25) is 5.41 Å². The van der Waals surface area contributed by atoms with Crippen molar-refractivity contribution in [2.24, 2.45) is 4.99 Å². The molecule has 1 N–H and O–H groups in total. The van der Waals surface area contributed by atoms with E-state index in [1.165, 1.54) is 48.8 Å². The normalized spacial score (nSPS) is 12.2. The summed E-state index contributed by atoms with van der Waals surface area (Å²) in [6, 6.07) is 70.2. The number of amidine groups is 1. The molecule has 11 rings (SSSR count). The molecule has 3 nitrogen and oxygen atoms in total. The van der Waals surface area contributed by atoms with Gasteiger partial charge in [0.15, 0.2) is 5.84 Å². The van der Waals surface area contributed by atoms with Gasteiger partial charge < -0.3 is 4.42 Å². The van der Waals surface area contributed by atoms with E-state index in [1.807, 2.05) is 54.6 Å². The zero-order valence-electron chi connectivity index (χ0n) is 32.1. The molecule has 3 heteroatoms. The zero-order chi connectivity index (χ0) is 39.3. The summed E-state index contributed by atoms with van der Waals surface area (Å²) in [6.45, 7) is 0. The van der Waals surface area contributed by atoms with Gasteiger partial charge in [0.2, 0.25) is 0 Å². The lowest BCUT2D eigenvalue weighted by molar-refractivity contribution is 0.670. The minimum atomic E-state index is 0.210. The summed E-state index contributed by atoms with van der Waals surface area (Å²) >= 11 is 0. The second kappa shape index (κ2) is 14.3. The standard InChI is InChI=1S/C56H36N2O/c57-56(40-12-2-1-3-13-40)58-52(39-26-24-38(25-27-39)47-18-10-19-50-48-17-8-9-20-53(48)59-55(47)50)32-22-36-21-23-42-34-44(29-28-41(42)33-36)54-46-16-7-5-14-43(46)35-51-45-15-6-4-11-37(45)30-31-49(51)54/h1-35,57H/b32-22+,57-56?,58-52?. The van der Waals surface area contributed by atoms with E-state index >= 15 is 0 Å². The first kappa shape index (κ1) is 34.4. The number of benzene rings is 10. The van der Waals surface area contributed by atoms with Gasteiger partial charge in [-0.15, -0.1) is 0 Å². The Balaban J connectivity index is 0.955. The van der Waals surface area contributed by atoms with E-state index < -0.39 is 0 Å². The van der Waals surface area contributed by atoms with Gasteiger partial charge in [-0.1, -0.05) is 182 Å². The van der Waals surface area contributed by atoms with Gasteiger partial charge in [0.1, 0.15) is 11.2 Å². The first-order chi connectivity index (χ1) is 29.1. The molecule has 0 aliphatic heterocycles. The van der Waals surface area contributed by atoms with Crippen LogP contribution in [0.5, 0.6) is 0 Å². The van der Waals surface area contributed by atoms with Crippen LogP contribution in [0.4, 0.5) is 0 Å². The van der Waals surface area contributed by atoms with Crippen molar-refractivity contribution in [2.45, 2.75) is 0 Å². The van der Waals surface area contributed by atoms with Crippen molar-refractivity contribution in [3.05, 3.63) is 223 Å². The Morgan fingerprint density at radius 1 is 0.441 bits per heavy atom. The molecule has 0 bridgehead atoms. The summed E-state index contributed by atoms with van der Waals surface area (Å²) in [5, 5.41) is 21.0. The lowest BCUT2D eigenvalue weighted by atomic mass is 9.89. The van der Waals surface area contributed by atoms with E-state index in [-0.39, 0.29) is 5.84 Å². The topological polar surface area (TPSA) is 49.4 Å². The predicted molar refractivity (Wildman–Crippen MR) is 250 cm³/mol. The van der Waals surface area contributed by atoms with Crippen molar-refractivity contribution in [3.8, 4) is 22.3 Å². The molecule has 0 fully saturated rings. The Morgan fingerprint density at radius 3 is 1.98 bits per heavy atom. The van der Waals surface area contributed by atoms with Crippen LogP contribution in [0.2, 0.25) is 0 Å². The van der Waals surface area contributed by atoms with Crippen LogP contribution in [0, 0.1) is 5.41 Å². The van der Waals surface area contributed by atoms with Crippen molar-refractivity contribution in [2.75, 3.05) is 0 Å². The molecule has 0 spiro atoms. The number of nitrogens with one attached hydrogen (secondary N) is 1. The van der Waals surface area contributed by atoms with Crippen LogP contribution in [0.25, 0.3) is 93.4 Å². The highest BCUT2D eigenvalue weighted by atomic mass is 16.3. The Bertz CT molecular complexity index is 3500. The third-order valence-electron chi connectivity index (χ3n) is 11.5. The molecule has 0 aliphatic rings. The van der Waals surface area contributed by atoms with E-state index in [0.717, 1.165) is 55.1 Å². The molecule has 0 radical (unpaired) electrons. The molecule has 59 heavy (non-hydrogen) atoms. The van der Waals surface area contributed by atoms with E-state index in [2.05, 4.69) is 158 Å². The number of furan rings is 1. The number of hydrogen-bond acceptors (Lipinski definition) is 2. The molecule has 0 aliphatic carbocycles. The Labute approximate surface area is 341 Å². The molecule has 1 heterocycles. The van der Waals surface area contributed by atoms with E-state index in [1.54, 1.807) is 0 Å². The highest BCUT2D eigenvalue weighted by Crippen LogP contribution is 2.40. The number of rotatable bonds is 6.